The highest BCUT2D eigenvalue weighted by Gasteiger charge is 2.26. The third kappa shape index (κ3) is 5.14. The van der Waals surface area contributed by atoms with Gasteiger partial charge in [0.25, 0.3) is 0 Å². The minimum absolute atomic E-state index is 0.148. The number of hydrogen-bond donors (Lipinski definition) is 2. The van der Waals surface area contributed by atoms with E-state index in [1.165, 1.54) is 24.2 Å². The maximum absolute atomic E-state index is 6.46. The molecule has 3 aromatic rings. The number of H-pyrrole nitrogens is 1. The van der Waals surface area contributed by atoms with Crippen LogP contribution in [0.1, 0.15) is 29.8 Å². The first-order valence-electron chi connectivity index (χ1n) is 11.7. The molecule has 0 bridgehead atoms. The summed E-state index contributed by atoms with van der Waals surface area (Å²) in [4.78, 5) is 13.0. The van der Waals surface area contributed by atoms with Crippen molar-refractivity contribution in [3.05, 3.63) is 77.4 Å². The molecule has 1 atom stereocenters. The first-order valence-corrected chi connectivity index (χ1v) is 12.1. The molecule has 1 saturated heterocycles. The third-order valence-electron chi connectivity index (χ3n) is 6.59. The lowest BCUT2D eigenvalue weighted by atomic mass is 10.1. The molecule has 7 heteroatoms. The number of halogens is 1. The van der Waals surface area contributed by atoms with Crippen molar-refractivity contribution in [2.45, 2.75) is 26.2 Å². The topological polar surface area (TPSA) is 49.9 Å². The Kier molecular flexibility index (Phi) is 6.78. The van der Waals surface area contributed by atoms with Gasteiger partial charge in [0, 0.05) is 62.3 Å². The zero-order chi connectivity index (χ0) is 22.6. The number of aromatic nitrogens is 1. The summed E-state index contributed by atoms with van der Waals surface area (Å²) in [7, 11) is 0. The van der Waals surface area contributed by atoms with Crippen LogP contribution < -0.4 is 5.32 Å². The van der Waals surface area contributed by atoms with Crippen LogP contribution in [0.2, 0.25) is 0 Å². The van der Waals surface area contributed by atoms with Gasteiger partial charge in [-0.25, -0.2) is 4.99 Å². The number of aromatic amines is 1. The summed E-state index contributed by atoms with van der Waals surface area (Å²) in [6.45, 7) is 9.74. The summed E-state index contributed by atoms with van der Waals surface area (Å²) in [6.07, 6.45) is 1.51. The Morgan fingerprint density at radius 3 is 2.42 bits per heavy atom. The van der Waals surface area contributed by atoms with E-state index in [0.717, 1.165) is 55.4 Å². The van der Waals surface area contributed by atoms with Crippen molar-refractivity contribution in [3.63, 3.8) is 0 Å². The van der Waals surface area contributed by atoms with Crippen LogP contribution in [0, 0.1) is 0 Å². The molecular weight excluding hydrogens is 432 g/mol. The fraction of sp³-hybridized carbons (Fsp3) is 0.346. The molecule has 5 rings (SSSR count). The normalized spacial score (nSPS) is 19.1. The zero-order valence-electron chi connectivity index (χ0n) is 19.0. The first-order chi connectivity index (χ1) is 16.2. The highest BCUT2D eigenvalue weighted by Crippen LogP contribution is 2.36. The number of aliphatic imine (C=N–C) groups is 1. The molecule has 6 nitrogen and oxygen atoms in total. The Balaban J connectivity index is 1.26. The van der Waals surface area contributed by atoms with Gasteiger partial charge in [0.1, 0.15) is 18.3 Å². The molecule has 0 saturated carbocycles. The number of piperazine rings is 1. The van der Waals surface area contributed by atoms with Gasteiger partial charge in [0.2, 0.25) is 0 Å². The van der Waals surface area contributed by atoms with E-state index in [1.54, 1.807) is 10.8 Å². The third-order valence-corrected chi connectivity index (χ3v) is 6.87. The highest BCUT2D eigenvalue weighted by molar-refractivity contribution is 6.19. The second-order valence-electron chi connectivity index (χ2n) is 8.75. The van der Waals surface area contributed by atoms with E-state index in [-0.39, 0.29) is 6.17 Å². The van der Waals surface area contributed by atoms with Gasteiger partial charge in [-0.1, -0.05) is 61.5 Å². The molecule has 0 spiro atoms. The van der Waals surface area contributed by atoms with Crippen LogP contribution in [0.4, 0.5) is 5.82 Å². The van der Waals surface area contributed by atoms with Gasteiger partial charge in [-0.3, -0.25) is 14.6 Å². The van der Waals surface area contributed by atoms with Crippen molar-refractivity contribution in [1.29, 1.82) is 0 Å². The summed E-state index contributed by atoms with van der Waals surface area (Å²) in [5, 5.41) is 3.54. The smallest absolute Gasteiger partial charge is 0.138 e. The van der Waals surface area contributed by atoms with Crippen LogP contribution in [-0.2, 0) is 13.1 Å². The van der Waals surface area contributed by atoms with Crippen molar-refractivity contribution in [2.24, 2.45) is 4.99 Å². The van der Waals surface area contributed by atoms with Gasteiger partial charge >= 0.3 is 0 Å². The van der Waals surface area contributed by atoms with Gasteiger partial charge in [-0.15, -0.1) is 0 Å². The molecule has 2 N–H and O–H groups in total. The Morgan fingerprint density at radius 1 is 0.970 bits per heavy atom. The van der Waals surface area contributed by atoms with E-state index < -0.39 is 0 Å². The standard InChI is InChI=1S/C26H31ClN6/c1-2-31-12-14-32(15-13-31)18-21-8-10-22(11-9-21)24-16-23-25(30-24)29-19-33(27)26(23)28-17-20-6-4-3-5-7-20/h3-11,16,19,26,28,30H,2,12-15,17-18H2,1H3. The summed E-state index contributed by atoms with van der Waals surface area (Å²) >= 11 is 6.46. The van der Waals surface area contributed by atoms with E-state index in [2.05, 4.69) is 74.5 Å². The predicted molar refractivity (Wildman–Crippen MR) is 135 cm³/mol. The fourth-order valence-electron chi connectivity index (χ4n) is 4.56. The summed E-state index contributed by atoms with van der Waals surface area (Å²) in [5.41, 5.74) is 5.83. The van der Waals surface area contributed by atoms with Crippen molar-refractivity contribution in [2.75, 3.05) is 32.7 Å². The molecule has 172 valence electrons. The van der Waals surface area contributed by atoms with Crippen LogP contribution in [0.3, 0.4) is 0 Å². The number of likely N-dealkylation sites (N-methyl/N-ethyl adjacent to an activating group) is 1. The quantitative estimate of drug-likeness (QED) is 0.498. The lowest BCUT2D eigenvalue weighted by Gasteiger charge is -2.34. The summed E-state index contributed by atoms with van der Waals surface area (Å²) < 4.78 is 1.60. The Hall–Kier alpha value is -2.64. The number of nitrogens with zero attached hydrogens (tertiary/aromatic N) is 4. The number of fused-ring (bicyclic) bond motifs is 1. The minimum atomic E-state index is -0.148. The maximum Gasteiger partial charge on any atom is 0.138 e. The summed E-state index contributed by atoms with van der Waals surface area (Å²) in [6, 6.07) is 21.4. The monoisotopic (exact) mass is 462 g/mol. The highest BCUT2D eigenvalue weighted by atomic mass is 35.5. The fourth-order valence-corrected chi connectivity index (χ4v) is 4.78. The second kappa shape index (κ2) is 10.1. The van der Waals surface area contributed by atoms with Gasteiger partial charge in [0.15, 0.2) is 0 Å². The number of rotatable bonds is 7. The Bertz CT molecular complexity index is 1070. The first kappa shape index (κ1) is 22.2. The second-order valence-corrected chi connectivity index (χ2v) is 9.14. The van der Waals surface area contributed by atoms with Gasteiger partial charge in [0.05, 0.1) is 0 Å². The molecule has 0 aliphatic carbocycles. The van der Waals surface area contributed by atoms with E-state index in [4.69, 9.17) is 11.8 Å². The molecule has 2 aliphatic heterocycles. The van der Waals surface area contributed by atoms with Crippen molar-refractivity contribution >= 4 is 23.9 Å². The van der Waals surface area contributed by atoms with Gasteiger partial charge in [-0.05, 0) is 29.3 Å². The average molecular weight is 463 g/mol. The van der Waals surface area contributed by atoms with E-state index in [9.17, 15) is 0 Å². The number of hydrogen-bond acceptors (Lipinski definition) is 5. The Morgan fingerprint density at radius 2 is 1.70 bits per heavy atom. The molecule has 0 amide bonds. The average Bonchev–Trinajstić information content (AvgIpc) is 3.29. The lowest BCUT2D eigenvalue weighted by Crippen LogP contribution is -2.45. The lowest BCUT2D eigenvalue weighted by molar-refractivity contribution is 0.132. The van der Waals surface area contributed by atoms with Crippen molar-refractivity contribution in [1.82, 2.24) is 24.5 Å². The predicted octanol–water partition coefficient (Wildman–Crippen LogP) is 4.74. The molecular formula is C26H31ClN6. The van der Waals surface area contributed by atoms with Crippen LogP contribution in [0.25, 0.3) is 11.3 Å². The molecule has 3 heterocycles. The SMILES string of the molecule is CCN1CCN(Cc2ccc(-c3cc4c([nH]3)N=CN(Cl)C4NCc3ccccc3)cc2)CC1. The maximum atomic E-state index is 6.46. The van der Waals surface area contributed by atoms with Crippen LogP contribution in [0.15, 0.2) is 65.7 Å². The van der Waals surface area contributed by atoms with Gasteiger partial charge in [-0.2, -0.15) is 0 Å². The molecule has 0 radical (unpaired) electrons. The van der Waals surface area contributed by atoms with Crippen molar-refractivity contribution in [3.8, 4) is 11.3 Å². The molecule has 1 unspecified atom stereocenters. The summed E-state index contributed by atoms with van der Waals surface area (Å²) in [5.74, 6) is 0.852. The Labute approximate surface area is 201 Å². The molecule has 1 aromatic heterocycles. The molecule has 2 aliphatic rings. The van der Waals surface area contributed by atoms with Crippen LogP contribution in [-0.4, -0.2) is 58.3 Å². The van der Waals surface area contributed by atoms with E-state index in [1.807, 2.05) is 18.2 Å². The largest absolute Gasteiger partial charge is 0.339 e. The molecule has 2 aromatic carbocycles. The number of nitrogens with one attached hydrogen (secondary N) is 2. The van der Waals surface area contributed by atoms with E-state index >= 15 is 0 Å². The zero-order valence-corrected chi connectivity index (χ0v) is 19.8. The number of benzene rings is 2. The van der Waals surface area contributed by atoms with E-state index in [0.29, 0.717) is 0 Å². The minimum Gasteiger partial charge on any atom is -0.339 e. The van der Waals surface area contributed by atoms with Crippen LogP contribution >= 0.6 is 11.8 Å². The van der Waals surface area contributed by atoms with Crippen molar-refractivity contribution < 1.29 is 0 Å². The molecule has 1 fully saturated rings. The van der Waals surface area contributed by atoms with Crippen LogP contribution in [0.5, 0.6) is 0 Å². The molecule has 33 heavy (non-hydrogen) atoms. The van der Waals surface area contributed by atoms with Gasteiger partial charge < -0.3 is 9.88 Å².